The molecule has 31 heavy (non-hydrogen) atoms. The fourth-order valence-corrected chi connectivity index (χ4v) is 4.77. The van der Waals surface area contributed by atoms with Crippen molar-refractivity contribution in [2.24, 2.45) is 0 Å². The highest BCUT2D eigenvalue weighted by molar-refractivity contribution is 5.03. The van der Waals surface area contributed by atoms with Crippen molar-refractivity contribution in [2.75, 3.05) is 0 Å². The van der Waals surface area contributed by atoms with Crippen molar-refractivity contribution < 1.29 is 20.1 Å². The first-order valence-corrected chi connectivity index (χ1v) is 13.8. The molecule has 4 heteroatoms. The Kier molecular flexibility index (Phi) is 16.1. The largest absolute Gasteiger partial charge is 0.384 e. The quantitative estimate of drug-likeness (QED) is 0.114. The Morgan fingerprint density at radius 1 is 0.581 bits per heavy atom. The van der Waals surface area contributed by atoms with Crippen LogP contribution in [0.3, 0.4) is 0 Å². The Balaban J connectivity index is 2.12. The number of unbranched alkanes of at least 4 members (excludes halogenated alkanes) is 18. The van der Waals surface area contributed by atoms with Crippen molar-refractivity contribution in [2.45, 2.75) is 173 Å². The molecule has 1 aliphatic rings. The Morgan fingerprint density at radius 3 is 1.10 bits per heavy atom. The Labute approximate surface area is 193 Å². The summed E-state index contributed by atoms with van der Waals surface area (Å²) < 4.78 is 5.02. The molecule has 0 amide bonds. The summed E-state index contributed by atoms with van der Waals surface area (Å²) in [6.45, 7) is 4.50. The normalized spacial score (nSPS) is 21.0. The van der Waals surface area contributed by atoms with Crippen LogP contribution in [-0.4, -0.2) is 33.0 Å². The maximum Gasteiger partial charge on any atom is 0.250 e. The molecular formula is C27H54O4. The summed E-state index contributed by atoms with van der Waals surface area (Å²) in [5, 5.41) is 31.3. The van der Waals surface area contributed by atoms with Crippen molar-refractivity contribution in [3.63, 3.8) is 0 Å². The van der Waals surface area contributed by atoms with E-state index >= 15 is 0 Å². The van der Waals surface area contributed by atoms with Gasteiger partial charge >= 0.3 is 0 Å². The minimum Gasteiger partial charge on any atom is -0.384 e. The molecule has 0 spiro atoms. The van der Waals surface area contributed by atoms with Gasteiger partial charge in [-0.15, -0.1) is 0 Å². The van der Waals surface area contributed by atoms with Crippen molar-refractivity contribution in [3.05, 3.63) is 0 Å². The molecule has 2 atom stereocenters. The van der Waals surface area contributed by atoms with Gasteiger partial charge in [0.1, 0.15) is 5.60 Å². The molecule has 0 aromatic heterocycles. The molecule has 0 aliphatic carbocycles. The third kappa shape index (κ3) is 12.0. The molecule has 0 saturated carbocycles. The first-order chi connectivity index (χ1) is 15.0. The second-order valence-corrected chi connectivity index (χ2v) is 10.1. The topological polar surface area (TPSA) is 73.2 Å². The van der Waals surface area contributed by atoms with Gasteiger partial charge in [0.25, 0.3) is 0 Å². The van der Waals surface area contributed by atoms with E-state index < -0.39 is 17.7 Å². The van der Waals surface area contributed by atoms with Crippen LogP contribution in [0.15, 0.2) is 0 Å². The van der Waals surface area contributed by atoms with Gasteiger partial charge < -0.3 is 20.1 Å². The van der Waals surface area contributed by atoms with Crippen LogP contribution < -0.4 is 0 Å². The highest BCUT2D eigenvalue weighted by atomic mass is 16.8. The van der Waals surface area contributed by atoms with Gasteiger partial charge in [-0.2, -0.15) is 0 Å². The molecule has 3 N–H and O–H groups in total. The minimum absolute atomic E-state index is 0.508. The van der Waals surface area contributed by atoms with Crippen LogP contribution in [-0.2, 0) is 4.74 Å². The monoisotopic (exact) mass is 442 g/mol. The molecular weight excluding hydrogens is 388 g/mol. The van der Waals surface area contributed by atoms with Gasteiger partial charge in [0.15, 0.2) is 0 Å². The number of aliphatic hydroxyl groups excluding tert-OH is 1. The van der Waals surface area contributed by atoms with Gasteiger partial charge in [-0.1, -0.05) is 142 Å². The first kappa shape index (κ1) is 28.9. The molecule has 2 unspecified atom stereocenters. The fourth-order valence-electron chi connectivity index (χ4n) is 4.77. The van der Waals surface area contributed by atoms with Crippen LogP contribution in [0.5, 0.6) is 0 Å². The number of aliphatic hydroxyl groups is 3. The maximum absolute atomic E-state index is 11.1. The average molecular weight is 443 g/mol. The van der Waals surface area contributed by atoms with Crippen LogP contribution in [0.4, 0.5) is 0 Å². The van der Waals surface area contributed by atoms with Gasteiger partial charge in [0.05, 0.1) is 0 Å². The predicted octanol–water partition coefficient (Wildman–Crippen LogP) is 7.38. The van der Waals surface area contributed by atoms with Crippen LogP contribution >= 0.6 is 0 Å². The second-order valence-electron chi connectivity index (χ2n) is 10.1. The zero-order valence-corrected chi connectivity index (χ0v) is 20.9. The van der Waals surface area contributed by atoms with E-state index in [1.807, 2.05) is 0 Å². The molecule has 4 nitrogen and oxygen atoms in total. The molecule has 1 rings (SSSR count). The SMILES string of the molecule is CCCCCCCCCCCCC(O)(CCCCCCCCCCCC)C1(O)OC1O. The number of rotatable bonds is 23. The summed E-state index contributed by atoms with van der Waals surface area (Å²) in [5.41, 5.74) is -1.31. The molecule has 1 heterocycles. The molecule has 0 aromatic rings. The van der Waals surface area contributed by atoms with E-state index in [0.717, 1.165) is 25.7 Å². The molecule has 0 aromatic carbocycles. The third-order valence-electron chi connectivity index (χ3n) is 7.12. The number of hydrogen-bond donors (Lipinski definition) is 3. The standard InChI is InChI=1S/C27H54O4/c1-3-5-7-9-11-13-15-17-19-21-23-26(29,27(30)25(28)31-27)24-22-20-18-16-14-12-10-8-6-4-2/h25,28-30H,3-24H2,1-2H3. The lowest BCUT2D eigenvalue weighted by Crippen LogP contribution is -2.47. The summed E-state index contributed by atoms with van der Waals surface area (Å²) >= 11 is 0. The molecule has 0 bridgehead atoms. The summed E-state index contributed by atoms with van der Waals surface area (Å²) in [4.78, 5) is 0. The summed E-state index contributed by atoms with van der Waals surface area (Å²) in [6, 6.07) is 0. The Morgan fingerprint density at radius 2 is 0.839 bits per heavy atom. The fraction of sp³-hybridized carbons (Fsp3) is 1.00. The lowest BCUT2D eigenvalue weighted by atomic mass is 9.84. The summed E-state index contributed by atoms with van der Waals surface area (Å²) in [6.07, 6.45) is 24.6. The van der Waals surface area contributed by atoms with Crippen molar-refractivity contribution in [1.82, 2.24) is 0 Å². The molecule has 1 aliphatic heterocycles. The smallest absolute Gasteiger partial charge is 0.250 e. The zero-order valence-electron chi connectivity index (χ0n) is 20.9. The van der Waals surface area contributed by atoms with Crippen LogP contribution in [0.1, 0.15) is 155 Å². The van der Waals surface area contributed by atoms with E-state index in [9.17, 15) is 15.3 Å². The van der Waals surface area contributed by atoms with Gasteiger partial charge in [0.2, 0.25) is 12.1 Å². The highest BCUT2D eigenvalue weighted by Crippen LogP contribution is 2.46. The van der Waals surface area contributed by atoms with E-state index in [2.05, 4.69) is 13.8 Å². The van der Waals surface area contributed by atoms with E-state index in [0.29, 0.717) is 12.8 Å². The lowest BCUT2D eigenvalue weighted by Gasteiger charge is -2.31. The van der Waals surface area contributed by atoms with Gasteiger partial charge in [-0.25, -0.2) is 0 Å². The predicted molar refractivity (Wildman–Crippen MR) is 130 cm³/mol. The minimum atomic E-state index is -1.74. The second kappa shape index (κ2) is 17.3. The van der Waals surface area contributed by atoms with Crippen molar-refractivity contribution in [3.8, 4) is 0 Å². The first-order valence-electron chi connectivity index (χ1n) is 13.8. The molecule has 0 radical (unpaired) electrons. The number of ether oxygens (including phenoxy) is 1. The maximum atomic E-state index is 11.1. The average Bonchev–Trinajstić information content (AvgIpc) is 3.39. The van der Waals surface area contributed by atoms with E-state index in [-0.39, 0.29) is 0 Å². The van der Waals surface area contributed by atoms with Crippen molar-refractivity contribution in [1.29, 1.82) is 0 Å². The van der Waals surface area contributed by atoms with Gasteiger partial charge in [-0.05, 0) is 12.8 Å². The molecule has 186 valence electrons. The number of hydrogen-bond acceptors (Lipinski definition) is 4. The van der Waals surface area contributed by atoms with E-state index in [4.69, 9.17) is 4.74 Å². The van der Waals surface area contributed by atoms with Crippen LogP contribution in [0.25, 0.3) is 0 Å². The summed E-state index contributed by atoms with van der Waals surface area (Å²) in [5.74, 6) is -1.74. The molecule has 1 saturated heterocycles. The molecule has 1 fully saturated rings. The lowest BCUT2D eigenvalue weighted by molar-refractivity contribution is -0.158. The van der Waals surface area contributed by atoms with E-state index in [1.165, 1.54) is 103 Å². The van der Waals surface area contributed by atoms with Gasteiger partial charge in [0, 0.05) is 0 Å². The Bertz CT molecular complexity index is 390. The van der Waals surface area contributed by atoms with Crippen LogP contribution in [0.2, 0.25) is 0 Å². The zero-order chi connectivity index (χ0) is 22.8. The highest BCUT2D eigenvalue weighted by Gasteiger charge is 2.67. The third-order valence-corrected chi connectivity index (χ3v) is 7.12. The number of epoxide rings is 1. The van der Waals surface area contributed by atoms with Gasteiger partial charge in [-0.3, -0.25) is 0 Å². The van der Waals surface area contributed by atoms with Crippen molar-refractivity contribution >= 4 is 0 Å². The Hall–Kier alpha value is -0.160. The summed E-state index contributed by atoms with van der Waals surface area (Å²) in [7, 11) is 0. The van der Waals surface area contributed by atoms with Crippen LogP contribution in [0, 0.1) is 0 Å². The van der Waals surface area contributed by atoms with E-state index in [1.54, 1.807) is 0 Å².